The molecule has 0 saturated carbocycles. The van der Waals surface area contributed by atoms with E-state index in [2.05, 4.69) is 20.4 Å². The highest BCUT2D eigenvalue weighted by molar-refractivity contribution is 6.09. The van der Waals surface area contributed by atoms with Gasteiger partial charge in [-0.3, -0.25) is 4.79 Å². The number of rotatable bonds is 8. The highest BCUT2D eigenvalue weighted by atomic mass is 16.5. The Morgan fingerprint density at radius 2 is 1.38 bits per heavy atom. The lowest BCUT2D eigenvalue weighted by Crippen LogP contribution is -2.34. The smallest absolute Gasteiger partial charge is 0.263 e. The molecule has 39 heavy (non-hydrogen) atoms. The number of piperidine rings is 2. The van der Waals surface area contributed by atoms with Gasteiger partial charge in [-0.1, -0.05) is 6.07 Å². The number of phenols is 1. The van der Waals surface area contributed by atoms with Crippen molar-refractivity contribution in [3.63, 3.8) is 0 Å². The van der Waals surface area contributed by atoms with Crippen LogP contribution in [0, 0.1) is 0 Å². The Morgan fingerprint density at radius 3 is 1.90 bits per heavy atom. The van der Waals surface area contributed by atoms with E-state index in [1.165, 1.54) is 33.1 Å². The lowest BCUT2D eigenvalue weighted by Gasteiger charge is -2.30. The first-order chi connectivity index (χ1) is 19.1. The van der Waals surface area contributed by atoms with Crippen molar-refractivity contribution in [3.05, 3.63) is 42.0 Å². The van der Waals surface area contributed by atoms with Crippen LogP contribution in [0.3, 0.4) is 0 Å². The molecule has 1 amide bonds. The van der Waals surface area contributed by atoms with Gasteiger partial charge in [0.1, 0.15) is 22.8 Å². The molecule has 3 aromatic rings. The normalized spacial score (nSPS) is 15.5. The number of carbonyl (C=O) groups is 1. The second-order valence-electron chi connectivity index (χ2n) is 9.70. The summed E-state index contributed by atoms with van der Waals surface area (Å²) in [6.07, 6.45) is 6.92. The molecule has 0 spiro atoms. The average molecular weight is 534 g/mol. The van der Waals surface area contributed by atoms with E-state index < -0.39 is 5.91 Å². The zero-order valence-corrected chi connectivity index (χ0v) is 22.4. The van der Waals surface area contributed by atoms with Crippen molar-refractivity contribution < 1.29 is 19.4 Å². The predicted octanol–water partition coefficient (Wildman–Crippen LogP) is 4.57. The van der Waals surface area contributed by atoms with Gasteiger partial charge in [0.2, 0.25) is 17.8 Å². The standard InChI is InChI=1S/C28H35N7O4/c1-38-22-10-9-11-23(39-2)24(22)25(37)30-20-13-12-19(18-21(20)36)29-26-31-27(34-14-5-3-6-15-34)33-28(32-26)35-16-7-4-8-17-35/h9-13,18,36H,3-8,14-17H2,1-2H3,(H,30,37)(H,29,31,32,33). The molecule has 1 aromatic heterocycles. The topological polar surface area (TPSA) is 125 Å². The van der Waals surface area contributed by atoms with Gasteiger partial charge < -0.3 is 35.0 Å². The molecular formula is C28H35N7O4. The lowest BCUT2D eigenvalue weighted by atomic mass is 10.1. The Morgan fingerprint density at radius 1 is 0.821 bits per heavy atom. The van der Waals surface area contributed by atoms with Gasteiger partial charge in [0.05, 0.1) is 19.9 Å². The highest BCUT2D eigenvalue weighted by Crippen LogP contribution is 2.33. The van der Waals surface area contributed by atoms with Crippen molar-refractivity contribution in [2.24, 2.45) is 0 Å². The first-order valence-electron chi connectivity index (χ1n) is 13.4. The third-order valence-electron chi connectivity index (χ3n) is 7.05. The van der Waals surface area contributed by atoms with Crippen LogP contribution in [-0.4, -0.2) is 66.4 Å². The fourth-order valence-corrected chi connectivity index (χ4v) is 4.98. The molecule has 3 heterocycles. The molecular weight excluding hydrogens is 498 g/mol. The fraction of sp³-hybridized carbons (Fsp3) is 0.429. The Hall–Kier alpha value is -4.28. The maximum absolute atomic E-state index is 13.0. The van der Waals surface area contributed by atoms with Gasteiger partial charge in [0, 0.05) is 37.9 Å². The van der Waals surface area contributed by atoms with E-state index >= 15 is 0 Å². The van der Waals surface area contributed by atoms with E-state index in [0.29, 0.717) is 35.0 Å². The van der Waals surface area contributed by atoms with E-state index in [-0.39, 0.29) is 17.0 Å². The third kappa shape index (κ3) is 6.08. The van der Waals surface area contributed by atoms with Crippen LogP contribution in [-0.2, 0) is 0 Å². The summed E-state index contributed by atoms with van der Waals surface area (Å²) in [6, 6.07) is 9.99. The van der Waals surface area contributed by atoms with Crippen LogP contribution in [0.25, 0.3) is 0 Å². The number of aromatic hydroxyl groups is 1. The average Bonchev–Trinajstić information content (AvgIpc) is 2.98. The summed E-state index contributed by atoms with van der Waals surface area (Å²) in [6.45, 7) is 3.70. The minimum Gasteiger partial charge on any atom is -0.506 e. The van der Waals surface area contributed by atoms with Gasteiger partial charge in [0.25, 0.3) is 5.91 Å². The number of nitrogens with one attached hydrogen (secondary N) is 2. The van der Waals surface area contributed by atoms with Crippen LogP contribution in [0.1, 0.15) is 48.9 Å². The number of aromatic nitrogens is 3. The second-order valence-corrected chi connectivity index (χ2v) is 9.70. The molecule has 11 heteroatoms. The maximum Gasteiger partial charge on any atom is 0.263 e. The molecule has 2 saturated heterocycles. The van der Waals surface area contributed by atoms with Crippen molar-refractivity contribution >= 4 is 35.1 Å². The molecule has 2 fully saturated rings. The number of amides is 1. The van der Waals surface area contributed by atoms with Crippen molar-refractivity contribution in [2.75, 3.05) is 60.8 Å². The van der Waals surface area contributed by atoms with E-state index in [1.54, 1.807) is 30.3 Å². The summed E-state index contributed by atoms with van der Waals surface area (Å²) in [4.78, 5) is 31.7. The third-order valence-corrected chi connectivity index (χ3v) is 7.05. The van der Waals surface area contributed by atoms with Gasteiger partial charge in [-0.05, 0) is 62.8 Å². The van der Waals surface area contributed by atoms with Gasteiger partial charge in [-0.15, -0.1) is 0 Å². The van der Waals surface area contributed by atoms with Gasteiger partial charge in [-0.25, -0.2) is 0 Å². The van der Waals surface area contributed by atoms with Crippen LogP contribution in [0.15, 0.2) is 36.4 Å². The number of benzene rings is 2. The zero-order chi connectivity index (χ0) is 27.2. The first kappa shape index (κ1) is 26.3. The first-order valence-corrected chi connectivity index (χ1v) is 13.4. The number of nitrogens with zero attached hydrogens (tertiary/aromatic N) is 5. The molecule has 3 N–H and O–H groups in total. The van der Waals surface area contributed by atoms with E-state index in [9.17, 15) is 9.90 Å². The van der Waals surface area contributed by atoms with Crippen molar-refractivity contribution in [1.29, 1.82) is 0 Å². The Kier molecular flexibility index (Phi) is 8.14. The Balaban J connectivity index is 1.37. The number of hydrogen-bond acceptors (Lipinski definition) is 10. The molecule has 2 aromatic carbocycles. The number of carbonyl (C=O) groups excluding carboxylic acids is 1. The molecule has 0 bridgehead atoms. The summed E-state index contributed by atoms with van der Waals surface area (Å²) in [5.41, 5.74) is 1.07. The number of phenolic OH excluding ortho intramolecular Hbond substituents is 1. The van der Waals surface area contributed by atoms with Gasteiger partial charge >= 0.3 is 0 Å². The molecule has 0 unspecified atom stereocenters. The quantitative estimate of drug-likeness (QED) is 0.355. The number of hydrogen-bond donors (Lipinski definition) is 3. The number of ether oxygens (including phenoxy) is 2. The van der Waals surface area contributed by atoms with E-state index in [1.807, 2.05) is 0 Å². The maximum atomic E-state index is 13.0. The summed E-state index contributed by atoms with van der Waals surface area (Å²) in [7, 11) is 2.97. The molecule has 11 nitrogen and oxygen atoms in total. The Labute approximate surface area is 228 Å². The second kappa shape index (κ2) is 12.1. The minimum absolute atomic E-state index is 0.108. The van der Waals surface area contributed by atoms with Crippen LogP contribution >= 0.6 is 0 Å². The summed E-state index contributed by atoms with van der Waals surface area (Å²) in [5, 5.41) is 16.7. The number of anilines is 5. The summed E-state index contributed by atoms with van der Waals surface area (Å²) in [5.74, 6) is 1.93. The van der Waals surface area contributed by atoms with Crippen molar-refractivity contribution in [3.8, 4) is 17.2 Å². The highest BCUT2D eigenvalue weighted by Gasteiger charge is 2.22. The van der Waals surface area contributed by atoms with E-state index in [0.717, 1.165) is 51.9 Å². The lowest BCUT2D eigenvalue weighted by molar-refractivity contribution is 0.102. The summed E-state index contributed by atoms with van der Waals surface area (Å²) < 4.78 is 10.7. The van der Waals surface area contributed by atoms with Gasteiger partial charge in [-0.2, -0.15) is 15.0 Å². The fourth-order valence-electron chi connectivity index (χ4n) is 4.98. The largest absolute Gasteiger partial charge is 0.506 e. The molecule has 0 radical (unpaired) electrons. The molecule has 206 valence electrons. The van der Waals surface area contributed by atoms with Crippen molar-refractivity contribution in [2.45, 2.75) is 38.5 Å². The summed E-state index contributed by atoms with van der Waals surface area (Å²) >= 11 is 0. The van der Waals surface area contributed by atoms with Crippen LogP contribution < -0.4 is 29.9 Å². The SMILES string of the molecule is COc1cccc(OC)c1C(=O)Nc1ccc(Nc2nc(N3CCCCC3)nc(N3CCCCC3)n2)cc1O. The van der Waals surface area contributed by atoms with Crippen molar-refractivity contribution in [1.82, 2.24) is 15.0 Å². The molecule has 5 rings (SSSR count). The van der Waals surface area contributed by atoms with Crippen LogP contribution in [0.5, 0.6) is 17.2 Å². The molecule has 0 atom stereocenters. The van der Waals surface area contributed by atoms with E-state index in [4.69, 9.17) is 24.4 Å². The monoisotopic (exact) mass is 533 g/mol. The molecule has 2 aliphatic rings. The van der Waals surface area contributed by atoms with Crippen LogP contribution in [0.2, 0.25) is 0 Å². The van der Waals surface area contributed by atoms with Crippen LogP contribution in [0.4, 0.5) is 29.2 Å². The Bertz CT molecular complexity index is 1250. The minimum atomic E-state index is -0.463. The molecule has 0 aliphatic carbocycles. The van der Waals surface area contributed by atoms with Gasteiger partial charge in [0.15, 0.2) is 0 Å². The number of methoxy groups -OCH3 is 2. The molecule has 2 aliphatic heterocycles. The zero-order valence-electron chi connectivity index (χ0n) is 22.4. The predicted molar refractivity (Wildman–Crippen MR) is 151 cm³/mol.